The summed E-state index contributed by atoms with van der Waals surface area (Å²) in [6.07, 6.45) is 1.65. The molecule has 0 unspecified atom stereocenters. The lowest BCUT2D eigenvalue weighted by atomic mass is 10.2. The van der Waals surface area contributed by atoms with Crippen LogP contribution in [0.3, 0.4) is 0 Å². The summed E-state index contributed by atoms with van der Waals surface area (Å²) in [6, 6.07) is 1.74. The van der Waals surface area contributed by atoms with Gasteiger partial charge < -0.3 is 10.3 Å². The van der Waals surface area contributed by atoms with Crippen LogP contribution in [0.2, 0.25) is 0 Å². The molecule has 0 atom stereocenters. The Morgan fingerprint density at radius 3 is 2.71 bits per heavy atom. The molecule has 7 heteroatoms. The molecule has 6 nitrogen and oxygen atoms in total. The summed E-state index contributed by atoms with van der Waals surface area (Å²) in [5.74, 6) is 1.47. The molecule has 0 saturated carbocycles. The summed E-state index contributed by atoms with van der Waals surface area (Å²) in [5, 5.41) is 9.37. The Bertz CT molecular complexity index is 521. The van der Waals surface area contributed by atoms with Crippen molar-refractivity contribution in [3.8, 4) is 0 Å². The Hall–Kier alpha value is -1.63. The van der Waals surface area contributed by atoms with Crippen molar-refractivity contribution in [3.63, 3.8) is 0 Å². The second-order valence-electron chi connectivity index (χ2n) is 3.97. The van der Waals surface area contributed by atoms with E-state index >= 15 is 0 Å². The third kappa shape index (κ3) is 2.73. The zero-order valence-corrected chi connectivity index (χ0v) is 10.8. The van der Waals surface area contributed by atoms with E-state index in [-0.39, 0.29) is 5.92 Å². The lowest BCUT2D eigenvalue weighted by Gasteiger charge is -2.07. The molecular formula is C10H14N6S. The largest absolute Gasteiger partial charge is 0.384 e. The summed E-state index contributed by atoms with van der Waals surface area (Å²) in [7, 11) is 1.89. The number of aryl methyl sites for hydroxylation is 1. The zero-order chi connectivity index (χ0) is 12.4. The van der Waals surface area contributed by atoms with E-state index in [0.717, 1.165) is 16.0 Å². The average molecular weight is 250 g/mol. The number of nitrogens with zero attached hydrogens (tertiary/aromatic N) is 5. The first kappa shape index (κ1) is 11.8. The van der Waals surface area contributed by atoms with Crippen LogP contribution in [-0.4, -0.2) is 24.7 Å². The quantitative estimate of drug-likeness (QED) is 0.830. The maximum absolute atomic E-state index is 5.76. The van der Waals surface area contributed by atoms with Gasteiger partial charge in [-0.15, -0.1) is 10.2 Å². The van der Waals surface area contributed by atoms with Gasteiger partial charge in [0.2, 0.25) is 0 Å². The minimum atomic E-state index is 0.248. The minimum absolute atomic E-state index is 0.248. The van der Waals surface area contributed by atoms with Gasteiger partial charge in [0.25, 0.3) is 0 Å². The van der Waals surface area contributed by atoms with E-state index < -0.39 is 0 Å². The van der Waals surface area contributed by atoms with E-state index in [9.17, 15) is 0 Å². The van der Waals surface area contributed by atoms with Gasteiger partial charge in [-0.05, 0) is 11.8 Å². The molecule has 2 rings (SSSR count). The molecule has 0 saturated heterocycles. The van der Waals surface area contributed by atoms with E-state index in [4.69, 9.17) is 5.73 Å². The van der Waals surface area contributed by atoms with Crippen molar-refractivity contribution in [2.24, 2.45) is 7.05 Å². The van der Waals surface area contributed by atoms with Gasteiger partial charge in [-0.25, -0.2) is 9.97 Å². The number of nitrogen functional groups attached to an aromatic ring is 1. The molecule has 17 heavy (non-hydrogen) atoms. The molecule has 2 aromatic heterocycles. The van der Waals surface area contributed by atoms with Crippen LogP contribution in [0.15, 0.2) is 22.6 Å². The molecule has 0 radical (unpaired) electrons. The Morgan fingerprint density at radius 2 is 2.12 bits per heavy atom. The van der Waals surface area contributed by atoms with E-state index in [1.165, 1.54) is 11.8 Å². The molecule has 0 aromatic carbocycles. The predicted molar refractivity (Wildman–Crippen MR) is 65.7 cm³/mol. The van der Waals surface area contributed by atoms with Gasteiger partial charge in [0, 0.05) is 19.0 Å². The molecule has 0 fully saturated rings. The Balaban J connectivity index is 2.30. The van der Waals surface area contributed by atoms with Gasteiger partial charge >= 0.3 is 0 Å². The van der Waals surface area contributed by atoms with Gasteiger partial charge in [0.15, 0.2) is 5.16 Å². The van der Waals surface area contributed by atoms with Crippen molar-refractivity contribution in [1.29, 1.82) is 0 Å². The van der Waals surface area contributed by atoms with Crippen LogP contribution in [0.5, 0.6) is 0 Å². The second-order valence-corrected chi connectivity index (χ2v) is 4.96. The highest BCUT2D eigenvalue weighted by Gasteiger charge is 2.10. The van der Waals surface area contributed by atoms with Crippen molar-refractivity contribution >= 4 is 17.6 Å². The van der Waals surface area contributed by atoms with E-state index in [0.29, 0.717) is 5.82 Å². The first-order chi connectivity index (χ1) is 8.06. The molecule has 2 aromatic rings. The van der Waals surface area contributed by atoms with E-state index in [1.54, 1.807) is 12.4 Å². The van der Waals surface area contributed by atoms with Crippen LogP contribution in [0.4, 0.5) is 5.82 Å². The highest BCUT2D eigenvalue weighted by atomic mass is 32.2. The first-order valence-electron chi connectivity index (χ1n) is 5.22. The number of hydrogen-bond acceptors (Lipinski definition) is 6. The maximum atomic E-state index is 5.76. The van der Waals surface area contributed by atoms with Crippen LogP contribution in [0, 0.1) is 0 Å². The van der Waals surface area contributed by atoms with Gasteiger partial charge in [0.05, 0.1) is 0 Å². The molecule has 0 aliphatic rings. The average Bonchev–Trinajstić information content (AvgIpc) is 2.63. The Labute approximate surface area is 104 Å². The van der Waals surface area contributed by atoms with Crippen molar-refractivity contribution in [2.75, 3.05) is 5.73 Å². The van der Waals surface area contributed by atoms with Gasteiger partial charge in [-0.1, -0.05) is 13.8 Å². The van der Waals surface area contributed by atoms with Gasteiger partial charge in [0.1, 0.15) is 23.0 Å². The first-order valence-corrected chi connectivity index (χ1v) is 6.04. The fourth-order valence-electron chi connectivity index (χ4n) is 1.23. The molecule has 90 valence electrons. The van der Waals surface area contributed by atoms with Crippen LogP contribution in [0.25, 0.3) is 0 Å². The van der Waals surface area contributed by atoms with Crippen molar-refractivity contribution in [3.05, 3.63) is 18.2 Å². The molecule has 0 aliphatic heterocycles. The number of aromatic nitrogens is 5. The molecule has 0 spiro atoms. The van der Waals surface area contributed by atoms with Crippen LogP contribution < -0.4 is 5.73 Å². The summed E-state index contributed by atoms with van der Waals surface area (Å²) >= 11 is 1.42. The predicted octanol–water partition coefficient (Wildman–Crippen LogP) is 1.46. The fourth-order valence-corrected chi connectivity index (χ4v) is 2.02. The van der Waals surface area contributed by atoms with Crippen LogP contribution in [-0.2, 0) is 7.05 Å². The highest BCUT2D eigenvalue weighted by Crippen LogP contribution is 2.25. The van der Waals surface area contributed by atoms with Crippen molar-refractivity contribution < 1.29 is 0 Å². The normalized spacial score (nSPS) is 11.1. The fraction of sp³-hybridized carbons (Fsp3) is 0.400. The molecule has 2 N–H and O–H groups in total. The standard InChI is InChI=1S/C10H14N6S/c1-6(2)9-13-7(11)4-8(14-9)17-10-15-12-5-16(10)3/h4-6H,1-3H3,(H2,11,13,14). The summed E-state index contributed by atoms with van der Waals surface area (Å²) < 4.78 is 1.83. The smallest absolute Gasteiger partial charge is 0.197 e. The Kier molecular flexibility index (Phi) is 3.28. The number of hydrogen-bond donors (Lipinski definition) is 1. The SMILES string of the molecule is CC(C)c1nc(N)cc(Sc2nncn2C)n1. The third-order valence-corrected chi connectivity index (χ3v) is 3.09. The summed E-state index contributed by atoms with van der Waals surface area (Å²) in [6.45, 7) is 4.07. The van der Waals surface area contributed by atoms with Crippen molar-refractivity contribution in [2.45, 2.75) is 29.9 Å². The molecule has 0 amide bonds. The van der Waals surface area contributed by atoms with E-state index in [1.807, 2.05) is 25.5 Å². The maximum Gasteiger partial charge on any atom is 0.197 e. The topological polar surface area (TPSA) is 82.5 Å². The van der Waals surface area contributed by atoms with Crippen molar-refractivity contribution in [1.82, 2.24) is 24.7 Å². The lowest BCUT2D eigenvalue weighted by molar-refractivity contribution is 0.751. The molecule has 2 heterocycles. The summed E-state index contributed by atoms with van der Waals surface area (Å²) in [5.41, 5.74) is 5.76. The van der Waals surface area contributed by atoms with E-state index in [2.05, 4.69) is 20.2 Å². The van der Waals surface area contributed by atoms with Crippen LogP contribution in [0.1, 0.15) is 25.6 Å². The highest BCUT2D eigenvalue weighted by molar-refractivity contribution is 7.99. The molecular weight excluding hydrogens is 236 g/mol. The van der Waals surface area contributed by atoms with Gasteiger partial charge in [-0.2, -0.15) is 0 Å². The molecule has 0 bridgehead atoms. The minimum Gasteiger partial charge on any atom is -0.384 e. The number of rotatable bonds is 3. The summed E-state index contributed by atoms with van der Waals surface area (Å²) in [4.78, 5) is 8.64. The number of anilines is 1. The number of nitrogens with two attached hydrogens (primary N) is 1. The van der Waals surface area contributed by atoms with Crippen LogP contribution >= 0.6 is 11.8 Å². The third-order valence-electron chi connectivity index (χ3n) is 2.12. The zero-order valence-electron chi connectivity index (χ0n) is 9.95. The molecule has 0 aliphatic carbocycles. The monoisotopic (exact) mass is 250 g/mol. The Morgan fingerprint density at radius 1 is 1.35 bits per heavy atom. The van der Waals surface area contributed by atoms with Gasteiger partial charge in [-0.3, -0.25) is 0 Å². The second kappa shape index (κ2) is 4.70. The lowest BCUT2D eigenvalue weighted by Crippen LogP contribution is -2.02.